The molecule has 0 saturated heterocycles. The van der Waals surface area contributed by atoms with E-state index in [4.69, 9.17) is 0 Å². The van der Waals surface area contributed by atoms with Gasteiger partial charge in [-0.25, -0.2) is 4.98 Å². The highest BCUT2D eigenvalue weighted by molar-refractivity contribution is 7.18. The summed E-state index contributed by atoms with van der Waals surface area (Å²) in [6.07, 6.45) is 4.73. The van der Waals surface area contributed by atoms with E-state index in [1.54, 1.807) is 11.3 Å². The molecule has 65 valence electrons. The average Bonchev–Trinajstić information content (AvgIpc) is 2.57. The fourth-order valence-corrected chi connectivity index (χ4v) is 2.13. The Balaban J connectivity index is 2.38. The molecule has 2 aromatic rings. The van der Waals surface area contributed by atoms with Gasteiger partial charge in [0, 0.05) is 6.42 Å². The van der Waals surface area contributed by atoms with E-state index in [1.807, 2.05) is 30.4 Å². The van der Waals surface area contributed by atoms with Gasteiger partial charge in [0.2, 0.25) is 0 Å². The minimum Gasteiger partial charge on any atom is -0.241 e. The van der Waals surface area contributed by atoms with E-state index in [1.165, 1.54) is 4.70 Å². The summed E-state index contributed by atoms with van der Waals surface area (Å²) in [7, 11) is 0. The van der Waals surface area contributed by atoms with Crippen LogP contribution >= 0.6 is 11.3 Å². The lowest BCUT2D eigenvalue weighted by Gasteiger charge is -1.82. The van der Waals surface area contributed by atoms with Gasteiger partial charge in [-0.1, -0.05) is 24.3 Å². The third-order valence-electron chi connectivity index (χ3n) is 1.80. The standard InChI is InChI=1S/C11H10NS/c1-2-3-8-11-12-9-6-4-5-7-10(9)13-11/h2-7H,1,8H2. The lowest BCUT2D eigenvalue weighted by Crippen LogP contribution is -1.76. The number of rotatable bonds is 2. The highest BCUT2D eigenvalue weighted by Crippen LogP contribution is 2.21. The van der Waals surface area contributed by atoms with E-state index in [9.17, 15) is 0 Å². The monoisotopic (exact) mass is 188 g/mol. The predicted octanol–water partition coefficient (Wildman–Crippen LogP) is 3.23. The molecule has 0 bridgehead atoms. The van der Waals surface area contributed by atoms with Crippen molar-refractivity contribution in [3.05, 3.63) is 48.3 Å². The van der Waals surface area contributed by atoms with Gasteiger partial charge in [-0.15, -0.1) is 11.3 Å². The summed E-state index contributed by atoms with van der Waals surface area (Å²) in [6.45, 7) is 3.65. The van der Waals surface area contributed by atoms with Crippen LogP contribution in [0.5, 0.6) is 0 Å². The van der Waals surface area contributed by atoms with Crippen LogP contribution in [-0.4, -0.2) is 4.98 Å². The van der Waals surface area contributed by atoms with E-state index in [0.717, 1.165) is 16.9 Å². The number of benzene rings is 1. The van der Waals surface area contributed by atoms with Crippen molar-refractivity contribution >= 4 is 21.6 Å². The molecule has 2 heteroatoms. The molecule has 0 aliphatic carbocycles. The molecule has 0 spiro atoms. The number of hydrogen-bond acceptors (Lipinski definition) is 2. The molecular weight excluding hydrogens is 178 g/mol. The molecule has 0 aliphatic rings. The molecule has 0 fully saturated rings. The van der Waals surface area contributed by atoms with Crippen LogP contribution in [0.25, 0.3) is 10.2 Å². The van der Waals surface area contributed by atoms with Gasteiger partial charge in [0.05, 0.1) is 15.2 Å². The van der Waals surface area contributed by atoms with Gasteiger partial charge < -0.3 is 0 Å². The van der Waals surface area contributed by atoms with Gasteiger partial charge in [-0.2, -0.15) is 0 Å². The van der Waals surface area contributed by atoms with Gasteiger partial charge in [0.15, 0.2) is 0 Å². The summed E-state index contributed by atoms with van der Waals surface area (Å²) in [6, 6.07) is 8.21. The molecule has 13 heavy (non-hydrogen) atoms. The smallest absolute Gasteiger partial charge is 0.0976 e. The van der Waals surface area contributed by atoms with Crippen LogP contribution < -0.4 is 0 Å². The van der Waals surface area contributed by atoms with Crippen molar-refractivity contribution in [2.45, 2.75) is 6.42 Å². The van der Waals surface area contributed by atoms with Crippen molar-refractivity contribution in [2.75, 3.05) is 0 Å². The Bertz CT molecular complexity index is 395. The summed E-state index contributed by atoms with van der Waals surface area (Å²) < 4.78 is 1.26. The van der Waals surface area contributed by atoms with E-state index in [2.05, 4.69) is 18.0 Å². The van der Waals surface area contributed by atoms with Crippen molar-refractivity contribution in [1.29, 1.82) is 0 Å². The van der Waals surface area contributed by atoms with Crippen LogP contribution in [0.15, 0.2) is 36.4 Å². The summed E-state index contributed by atoms with van der Waals surface area (Å²) in [5.41, 5.74) is 1.10. The summed E-state index contributed by atoms with van der Waals surface area (Å²) in [4.78, 5) is 4.49. The minimum atomic E-state index is 0.892. The number of fused-ring (bicyclic) bond motifs is 1. The fourth-order valence-electron chi connectivity index (χ4n) is 1.19. The summed E-state index contributed by atoms with van der Waals surface area (Å²) >= 11 is 1.75. The zero-order valence-electron chi connectivity index (χ0n) is 7.23. The number of hydrogen-bond donors (Lipinski definition) is 0. The molecule has 0 unspecified atom stereocenters. The second-order valence-corrected chi connectivity index (χ2v) is 3.87. The third-order valence-corrected chi connectivity index (χ3v) is 2.86. The highest BCUT2D eigenvalue weighted by atomic mass is 32.1. The van der Waals surface area contributed by atoms with Gasteiger partial charge in [-0.3, -0.25) is 0 Å². The highest BCUT2D eigenvalue weighted by Gasteiger charge is 1.99. The van der Waals surface area contributed by atoms with Gasteiger partial charge >= 0.3 is 0 Å². The number of allylic oxidation sites excluding steroid dienone is 2. The largest absolute Gasteiger partial charge is 0.241 e. The average molecular weight is 188 g/mol. The molecule has 0 N–H and O–H groups in total. The lowest BCUT2D eigenvalue weighted by atomic mass is 10.3. The second-order valence-electron chi connectivity index (χ2n) is 2.75. The first-order valence-electron chi connectivity index (χ1n) is 4.19. The number of para-hydroxylation sites is 1. The number of thiazole rings is 1. The first-order chi connectivity index (χ1) is 6.40. The molecule has 0 atom stereocenters. The van der Waals surface area contributed by atoms with Crippen molar-refractivity contribution in [1.82, 2.24) is 4.98 Å². The Hall–Kier alpha value is -1.15. The Kier molecular flexibility index (Phi) is 2.41. The van der Waals surface area contributed by atoms with E-state index in [0.29, 0.717) is 0 Å². The van der Waals surface area contributed by atoms with Crippen molar-refractivity contribution < 1.29 is 0 Å². The first-order valence-corrected chi connectivity index (χ1v) is 5.00. The second kappa shape index (κ2) is 3.71. The van der Waals surface area contributed by atoms with E-state index >= 15 is 0 Å². The lowest BCUT2D eigenvalue weighted by molar-refractivity contribution is 1.21. The van der Waals surface area contributed by atoms with Gasteiger partial charge in [0.25, 0.3) is 0 Å². The van der Waals surface area contributed by atoms with Crippen LogP contribution in [0.4, 0.5) is 0 Å². The van der Waals surface area contributed by atoms with Crippen LogP contribution in [0, 0.1) is 6.92 Å². The Morgan fingerprint density at radius 2 is 2.23 bits per heavy atom. The summed E-state index contributed by atoms with van der Waals surface area (Å²) in [5, 5.41) is 1.15. The van der Waals surface area contributed by atoms with Gasteiger partial charge in [0.1, 0.15) is 0 Å². The van der Waals surface area contributed by atoms with Crippen LogP contribution in [0.3, 0.4) is 0 Å². The Morgan fingerprint density at radius 1 is 1.38 bits per heavy atom. The summed E-state index contributed by atoms with van der Waals surface area (Å²) in [5.74, 6) is 0. The molecule has 1 radical (unpaired) electrons. The Labute approximate surface area is 81.7 Å². The van der Waals surface area contributed by atoms with Gasteiger partial charge in [-0.05, 0) is 19.1 Å². The quantitative estimate of drug-likeness (QED) is 0.705. The molecule has 1 nitrogen and oxygen atoms in total. The maximum absolute atomic E-state index is 4.49. The molecule has 1 aromatic heterocycles. The zero-order valence-corrected chi connectivity index (χ0v) is 8.05. The third kappa shape index (κ3) is 1.78. The van der Waals surface area contributed by atoms with Crippen molar-refractivity contribution in [2.24, 2.45) is 0 Å². The van der Waals surface area contributed by atoms with E-state index in [-0.39, 0.29) is 0 Å². The molecular formula is C11H10NS. The number of nitrogens with zero attached hydrogens (tertiary/aromatic N) is 1. The maximum atomic E-state index is 4.49. The SMILES string of the molecule is [CH2]C=CCc1nc2ccccc2s1. The molecule has 0 amide bonds. The van der Waals surface area contributed by atoms with E-state index < -0.39 is 0 Å². The van der Waals surface area contributed by atoms with Crippen LogP contribution in [-0.2, 0) is 6.42 Å². The molecule has 0 aliphatic heterocycles. The number of aromatic nitrogens is 1. The first kappa shape index (κ1) is 8.45. The van der Waals surface area contributed by atoms with Crippen molar-refractivity contribution in [3.63, 3.8) is 0 Å². The minimum absolute atomic E-state index is 0.892. The molecule has 1 aromatic carbocycles. The molecule has 1 heterocycles. The Morgan fingerprint density at radius 3 is 3.00 bits per heavy atom. The predicted molar refractivity (Wildman–Crippen MR) is 57.8 cm³/mol. The topological polar surface area (TPSA) is 12.9 Å². The van der Waals surface area contributed by atoms with Crippen LogP contribution in [0.1, 0.15) is 5.01 Å². The maximum Gasteiger partial charge on any atom is 0.0976 e. The van der Waals surface area contributed by atoms with Crippen LogP contribution in [0.2, 0.25) is 0 Å². The fraction of sp³-hybridized carbons (Fsp3) is 0.0909. The molecule has 0 saturated carbocycles. The molecule has 2 rings (SSSR count). The zero-order chi connectivity index (χ0) is 9.10. The van der Waals surface area contributed by atoms with Crippen molar-refractivity contribution in [3.8, 4) is 0 Å². The normalized spacial score (nSPS) is 11.5.